The van der Waals surface area contributed by atoms with E-state index in [0.29, 0.717) is 11.8 Å². The van der Waals surface area contributed by atoms with Crippen LogP contribution in [0.4, 0.5) is 0 Å². The minimum atomic E-state index is -0.695. The Kier molecular flexibility index (Phi) is 3.74. The summed E-state index contributed by atoms with van der Waals surface area (Å²) in [5.74, 6) is -1.27. The van der Waals surface area contributed by atoms with Crippen molar-refractivity contribution in [2.24, 2.45) is 0 Å². The minimum absolute atomic E-state index is 0.151. The maximum absolute atomic E-state index is 11.3. The molecule has 1 aromatic rings. The van der Waals surface area contributed by atoms with E-state index in [-0.39, 0.29) is 12.0 Å². The fraction of sp³-hybridized carbons (Fsp3) is 0.182. The zero-order valence-electron chi connectivity index (χ0n) is 8.23. The summed E-state index contributed by atoms with van der Waals surface area (Å²) in [6, 6.07) is 5.85. The lowest BCUT2D eigenvalue weighted by Crippen LogP contribution is -2.11. The Hall–Kier alpha value is -1.97. The normalized spacial score (nSPS) is 9.40. The van der Waals surface area contributed by atoms with E-state index in [0.717, 1.165) is 0 Å². The molecule has 0 bridgehead atoms. The first-order chi connectivity index (χ1) is 7.17. The Morgan fingerprint density at radius 3 is 2.33 bits per heavy atom. The van der Waals surface area contributed by atoms with E-state index in [4.69, 9.17) is 0 Å². The van der Waals surface area contributed by atoms with Gasteiger partial charge in [-0.25, -0.2) is 4.79 Å². The molecule has 0 amide bonds. The first-order valence-corrected chi connectivity index (χ1v) is 4.47. The van der Waals surface area contributed by atoms with Crippen LogP contribution in [0.15, 0.2) is 24.3 Å². The number of hydrogen-bond acceptors (Lipinski definition) is 4. The Morgan fingerprint density at radius 1 is 1.27 bits per heavy atom. The van der Waals surface area contributed by atoms with Gasteiger partial charge < -0.3 is 4.74 Å². The number of benzene rings is 1. The second-order valence-electron chi connectivity index (χ2n) is 2.85. The largest absolute Gasteiger partial charge is 0.389 e. The van der Waals surface area contributed by atoms with E-state index >= 15 is 0 Å². The van der Waals surface area contributed by atoms with E-state index < -0.39 is 11.9 Å². The molecule has 0 saturated carbocycles. The molecule has 0 aromatic heterocycles. The zero-order chi connectivity index (χ0) is 11.3. The molecule has 0 radical (unpaired) electrons. The van der Waals surface area contributed by atoms with Crippen LogP contribution in [0.1, 0.15) is 34.1 Å². The Morgan fingerprint density at radius 2 is 1.87 bits per heavy atom. The predicted octanol–water partition coefficient (Wildman–Crippen LogP) is 1.59. The number of carbonyl (C=O) groups is 3. The number of carbonyl (C=O) groups excluding carboxylic acids is 3. The topological polar surface area (TPSA) is 60.4 Å². The molecule has 4 nitrogen and oxygen atoms in total. The second-order valence-corrected chi connectivity index (χ2v) is 2.85. The van der Waals surface area contributed by atoms with Crippen LogP contribution >= 0.6 is 0 Å². The SMILES string of the molecule is CCC(=O)OC(=O)c1ccc(C=O)cc1. The summed E-state index contributed by atoms with van der Waals surface area (Å²) in [4.78, 5) is 32.4. The minimum Gasteiger partial charge on any atom is -0.389 e. The van der Waals surface area contributed by atoms with Gasteiger partial charge in [-0.15, -0.1) is 0 Å². The fourth-order valence-electron chi connectivity index (χ4n) is 0.932. The average Bonchev–Trinajstić information content (AvgIpc) is 2.29. The van der Waals surface area contributed by atoms with Gasteiger partial charge in [0.15, 0.2) is 0 Å². The van der Waals surface area contributed by atoms with Gasteiger partial charge in [-0.2, -0.15) is 0 Å². The van der Waals surface area contributed by atoms with Gasteiger partial charge in [-0.1, -0.05) is 19.1 Å². The van der Waals surface area contributed by atoms with Gasteiger partial charge in [-0.3, -0.25) is 9.59 Å². The number of ether oxygens (including phenoxy) is 1. The van der Waals surface area contributed by atoms with Crippen LogP contribution in [-0.2, 0) is 9.53 Å². The molecule has 0 spiro atoms. The third kappa shape index (κ3) is 3.02. The summed E-state index contributed by atoms with van der Waals surface area (Å²) >= 11 is 0. The zero-order valence-corrected chi connectivity index (χ0v) is 8.23. The first kappa shape index (κ1) is 11.1. The average molecular weight is 206 g/mol. The van der Waals surface area contributed by atoms with Crippen molar-refractivity contribution >= 4 is 18.2 Å². The van der Waals surface area contributed by atoms with E-state index in [1.165, 1.54) is 24.3 Å². The highest BCUT2D eigenvalue weighted by Gasteiger charge is 2.10. The molecule has 0 saturated heterocycles. The maximum atomic E-state index is 11.3. The number of hydrogen-bond donors (Lipinski definition) is 0. The Balaban J connectivity index is 2.74. The lowest BCUT2D eigenvalue weighted by molar-refractivity contribution is -0.137. The lowest BCUT2D eigenvalue weighted by atomic mass is 10.1. The molecule has 0 aliphatic carbocycles. The van der Waals surface area contributed by atoms with Crippen LogP contribution in [-0.4, -0.2) is 18.2 Å². The van der Waals surface area contributed by atoms with Crippen LogP contribution in [0, 0.1) is 0 Å². The monoisotopic (exact) mass is 206 g/mol. The summed E-state index contributed by atoms with van der Waals surface area (Å²) in [6.45, 7) is 1.60. The van der Waals surface area contributed by atoms with Gasteiger partial charge in [0, 0.05) is 12.0 Å². The van der Waals surface area contributed by atoms with Gasteiger partial charge in [-0.05, 0) is 12.1 Å². The molecule has 15 heavy (non-hydrogen) atoms. The summed E-state index contributed by atoms with van der Waals surface area (Å²) in [5, 5.41) is 0. The molecule has 0 unspecified atom stereocenters. The molecular weight excluding hydrogens is 196 g/mol. The van der Waals surface area contributed by atoms with E-state index in [1.807, 2.05) is 0 Å². The molecule has 0 N–H and O–H groups in total. The van der Waals surface area contributed by atoms with Gasteiger partial charge in [0.2, 0.25) is 0 Å². The summed E-state index contributed by atoms with van der Waals surface area (Å²) in [6.07, 6.45) is 0.824. The van der Waals surface area contributed by atoms with Crippen LogP contribution in [0.2, 0.25) is 0 Å². The molecular formula is C11H10O4. The van der Waals surface area contributed by atoms with Crippen LogP contribution < -0.4 is 0 Å². The van der Waals surface area contributed by atoms with Crippen LogP contribution in [0.5, 0.6) is 0 Å². The molecule has 78 valence electrons. The molecule has 0 fully saturated rings. The Bertz CT molecular complexity index is 378. The third-order valence-corrected chi connectivity index (χ3v) is 1.78. The number of aldehydes is 1. The van der Waals surface area contributed by atoms with Crippen molar-refractivity contribution in [1.29, 1.82) is 0 Å². The molecule has 4 heteroatoms. The van der Waals surface area contributed by atoms with Crippen molar-refractivity contribution in [3.8, 4) is 0 Å². The van der Waals surface area contributed by atoms with E-state index in [9.17, 15) is 14.4 Å². The molecule has 0 atom stereocenters. The Labute approximate surface area is 86.9 Å². The lowest BCUT2D eigenvalue weighted by Gasteiger charge is -2.00. The highest BCUT2D eigenvalue weighted by atomic mass is 16.6. The van der Waals surface area contributed by atoms with Crippen molar-refractivity contribution in [2.45, 2.75) is 13.3 Å². The first-order valence-electron chi connectivity index (χ1n) is 4.47. The van der Waals surface area contributed by atoms with Gasteiger partial charge >= 0.3 is 11.9 Å². The highest BCUT2D eigenvalue weighted by Crippen LogP contribution is 2.04. The van der Waals surface area contributed by atoms with Gasteiger partial charge in [0.25, 0.3) is 0 Å². The van der Waals surface area contributed by atoms with Crippen LogP contribution in [0.25, 0.3) is 0 Å². The van der Waals surface area contributed by atoms with Crippen LogP contribution in [0.3, 0.4) is 0 Å². The van der Waals surface area contributed by atoms with Gasteiger partial charge in [0.1, 0.15) is 6.29 Å². The third-order valence-electron chi connectivity index (χ3n) is 1.78. The molecule has 0 aliphatic heterocycles. The van der Waals surface area contributed by atoms with Crippen molar-refractivity contribution in [3.05, 3.63) is 35.4 Å². The molecule has 1 rings (SSSR count). The summed E-state index contributed by atoms with van der Waals surface area (Å²) < 4.78 is 4.49. The van der Waals surface area contributed by atoms with Crippen molar-refractivity contribution in [3.63, 3.8) is 0 Å². The molecule has 0 aliphatic rings. The van der Waals surface area contributed by atoms with Crippen molar-refractivity contribution in [1.82, 2.24) is 0 Å². The second kappa shape index (κ2) is 5.05. The van der Waals surface area contributed by atoms with Gasteiger partial charge in [0.05, 0.1) is 5.56 Å². The summed E-state index contributed by atoms with van der Waals surface area (Å²) in [7, 11) is 0. The van der Waals surface area contributed by atoms with E-state index in [1.54, 1.807) is 6.92 Å². The van der Waals surface area contributed by atoms with E-state index in [2.05, 4.69) is 4.74 Å². The number of rotatable bonds is 3. The maximum Gasteiger partial charge on any atom is 0.345 e. The molecule has 1 aromatic carbocycles. The highest BCUT2D eigenvalue weighted by molar-refractivity contribution is 5.97. The smallest absolute Gasteiger partial charge is 0.345 e. The fourth-order valence-corrected chi connectivity index (χ4v) is 0.932. The van der Waals surface area contributed by atoms with Crippen molar-refractivity contribution in [2.75, 3.05) is 0 Å². The van der Waals surface area contributed by atoms with Crippen molar-refractivity contribution < 1.29 is 19.1 Å². The molecule has 0 heterocycles. The summed E-state index contributed by atoms with van der Waals surface area (Å²) in [5.41, 5.74) is 0.718. The quantitative estimate of drug-likeness (QED) is 0.428. The standard InChI is InChI=1S/C11H10O4/c1-2-10(13)15-11(14)9-5-3-8(7-12)4-6-9/h3-7H,2H2,1H3. The number of esters is 2. The predicted molar refractivity (Wildman–Crippen MR) is 52.5 cm³/mol.